The van der Waals surface area contributed by atoms with Crippen molar-refractivity contribution in [2.24, 2.45) is 11.7 Å². The molecule has 3 heteroatoms. The molecule has 0 aliphatic carbocycles. The molecule has 0 saturated carbocycles. The van der Waals surface area contributed by atoms with Gasteiger partial charge in [-0.3, -0.25) is 0 Å². The summed E-state index contributed by atoms with van der Waals surface area (Å²) >= 11 is 0. The standard InChI is InChI=1S/C15H25N3/c1-3-4-13-6-9-18(10-7-13)15-11-14(12(2)16)5-8-17-15/h5,8,11-13H,3-4,6-7,9-10,16H2,1-2H3/t12-/m0/s1. The van der Waals surface area contributed by atoms with Gasteiger partial charge in [0.15, 0.2) is 0 Å². The molecule has 1 aromatic heterocycles. The molecule has 0 bridgehead atoms. The van der Waals surface area contributed by atoms with Crippen LogP contribution in [-0.2, 0) is 0 Å². The highest BCUT2D eigenvalue weighted by molar-refractivity contribution is 5.42. The van der Waals surface area contributed by atoms with Gasteiger partial charge in [0.1, 0.15) is 5.82 Å². The number of piperidine rings is 1. The largest absolute Gasteiger partial charge is 0.357 e. The van der Waals surface area contributed by atoms with Crippen LogP contribution in [0.5, 0.6) is 0 Å². The Balaban J connectivity index is 1.98. The Bertz CT molecular complexity index is 368. The summed E-state index contributed by atoms with van der Waals surface area (Å²) in [5, 5.41) is 0. The third-order valence-electron chi connectivity index (χ3n) is 3.93. The van der Waals surface area contributed by atoms with E-state index in [4.69, 9.17) is 5.73 Å². The molecule has 1 atom stereocenters. The third-order valence-corrected chi connectivity index (χ3v) is 3.93. The maximum atomic E-state index is 5.93. The summed E-state index contributed by atoms with van der Waals surface area (Å²) in [4.78, 5) is 6.89. The van der Waals surface area contributed by atoms with E-state index < -0.39 is 0 Å². The van der Waals surface area contributed by atoms with Crippen LogP contribution in [0.4, 0.5) is 5.82 Å². The van der Waals surface area contributed by atoms with Crippen LogP contribution in [0.2, 0.25) is 0 Å². The molecule has 18 heavy (non-hydrogen) atoms. The summed E-state index contributed by atoms with van der Waals surface area (Å²) in [6.07, 6.45) is 7.17. The van der Waals surface area contributed by atoms with Gasteiger partial charge in [-0.15, -0.1) is 0 Å². The van der Waals surface area contributed by atoms with E-state index >= 15 is 0 Å². The molecule has 2 N–H and O–H groups in total. The molecule has 1 fully saturated rings. The van der Waals surface area contributed by atoms with Crippen LogP contribution in [0.1, 0.15) is 51.1 Å². The highest BCUT2D eigenvalue weighted by Crippen LogP contribution is 2.25. The van der Waals surface area contributed by atoms with Crippen molar-refractivity contribution in [2.75, 3.05) is 18.0 Å². The number of hydrogen-bond acceptors (Lipinski definition) is 3. The first-order valence-corrected chi connectivity index (χ1v) is 7.17. The Morgan fingerprint density at radius 3 is 2.78 bits per heavy atom. The van der Waals surface area contributed by atoms with Crippen LogP contribution in [0.25, 0.3) is 0 Å². The minimum Gasteiger partial charge on any atom is -0.357 e. The van der Waals surface area contributed by atoms with Gasteiger partial charge in [-0.05, 0) is 43.4 Å². The topological polar surface area (TPSA) is 42.1 Å². The van der Waals surface area contributed by atoms with E-state index in [0.717, 1.165) is 24.8 Å². The molecule has 0 amide bonds. The molecule has 1 saturated heterocycles. The summed E-state index contributed by atoms with van der Waals surface area (Å²) in [6, 6.07) is 4.24. The highest BCUT2D eigenvalue weighted by Gasteiger charge is 2.19. The fourth-order valence-corrected chi connectivity index (χ4v) is 2.75. The van der Waals surface area contributed by atoms with Crippen molar-refractivity contribution < 1.29 is 0 Å². The zero-order chi connectivity index (χ0) is 13.0. The van der Waals surface area contributed by atoms with Gasteiger partial charge in [0.25, 0.3) is 0 Å². The van der Waals surface area contributed by atoms with Crippen molar-refractivity contribution in [3.05, 3.63) is 23.9 Å². The first-order valence-electron chi connectivity index (χ1n) is 7.17. The van der Waals surface area contributed by atoms with Crippen LogP contribution in [0.15, 0.2) is 18.3 Å². The van der Waals surface area contributed by atoms with E-state index in [9.17, 15) is 0 Å². The number of rotatable bonds is 4. The average Bonchev–Trinajstić information content (AvgIpc) is 2.40. The lowest BCUT2D eigenvalue weighted by molar-refractivity contribution is 0.377. The van der Waals surface area contributed by atoms with Crippen LogP contribution >= 0.6 is 0 Å². The summed E-state index contributed by atoms with van der Waals surface area (Å²) in [6.45, 7) is 6.58. The van der Waals surface area contributed by atoms with Gasteiger partial charge in [0.05, 0.1) is 0 Å². The van der Waals surface area contributed by atoms with E-state index in [1.807, 2.05) is 19.2 Å². The van der Waals surface area contributed by atoms with Crippen molar-refractivity contribution in [1.82, 2.24) is 4.98 Å². The zero-order valence-corrected chi connectivity index (χ0v) is 11.6. The Hall–Kier alpha value is -1.09. The number of anilines is 1. The van der Waals surface area contributed by atoms with E-state index in [0.29, 0.717) is 0 Å². The molecule has 2 rings (SSSR count). The molecule has 0 aromatic carbocycles. The maximum Gasteiger partial charge on any atom is 0.128 e. The van der Waals surface area contributed by atoms with Gasteiger partial charge in [-0.2, -0.15) is 0 Å². The normalized spacial score (nSPS) is 18.9. The molecule has 3 nitrogen and oxygen atoms in total. The van der Waals surface area contributed by atoms with Crippen LogP contribution in [0, 0.1) is 5.92 Å². The van der Waals surface area contributed by atoms with Crippen LogP contribution in [0.3, 0.4) is 0 Å². The molecule has 2 heterocycles. The van der Waals surface area contributed by atoms with Crippen LogP contribution in [-0.4, -0.2) is 18.1 Å². The molecule has 1 aromatic rings. The van der Waals surface area contributed by atoms with E-state index in [2.05, 4.69) is 22.9 Å². The zero-order valence-electron chi connectivity index (χ0n) is 11.6. The van der Waals surface area contributed by atoms with Crippen LogP contribution < -0.4 is 10.6 Å². The quantitative estimate of drug-likeness (QED) is 0.889. The van der Waals surface area contributed by atoms with Gasteiger partial charge >= 0.3 is 0 Å². The molecule has 0 spiro atoms. The number of aromatic nitrogens is 1. The van der Waals surface area contributed by atoms with Gasteiger partial charge in [0, 0.05) is 25.3 Å². The van der Waals surface area contributed by atoms with E-state index in [1.165, 1.54) is 31.2 Å². The van der Waals surface area contributed by atoms with Crippen molar-refractivity contribution in [3.63, 3.8) is 0 Å². The Morgan fingerprint density at radius 2 is 2.17 bits per heavy atom. The fraction of sp³-hybridized carbons (Fsp3) is 0.667. The number of pyridine rings is 1. The fourth-order valence-electron chi connectivity index (χ4n) is 2.75. The van der Waals surface area contributed by atoms with Gasteiger partial charge in [-0.1, -0.05) is 19.8 Å². The summed E-state index contributed by atoms with van der Waals surface area (Å²) in [5.41, 5.74) is 7.10. The van der Waals surface area contributed by atoms with E-state index in [1.54, 1.807) is 0 Å². The smallest absolute Gasteiger partial charge is 0.128 e. The molecule has 0 radical (unpaired) electrons. The lowest BCUT2D eigenvalue weighted by Crippen LogP contribution is -2.34. The number of nitrogens with two attached hydrogens (primary N) is 1. The molecule has 0 unspecified atom stereocenters. The molecule has 1 aliphatic heterocycles. The highest BCUT2D eigenvalue weighted by atomic mass is 15.2. The van der Waals surface area contributed by atoms with Gasteiger partial charge < -0.3 is 10.6 Å². The first kappa shape index (κ1) is 13.3. The van der Waals surface area contributed by atoms with Crippen molar-refractivity contribution in [3.8, 4) is 0 Å². The average molecular weight is 247 g/mol. The number of nitrogens with zero attached hydrogens (tertiary/aromatic N) is 2. The molecular weight excluding hydrogens is 222 g/mol. The third kappa shape index (κ3) is 3.22. The van der Waals surface area contributed by atoms with Crippen molar-refractivity contribution in [2.45, 2.75) is 45.6 Å². The maximum absolute atomic E-state index is 5.93. The summed E-state index contributed by atoms with van der Waals surface area (Å²) in [7, 11) is 0. The minimum absolute atomic E-state index is 0.0874. The summed E-state index contributed by atoms with van der Waals surface area (Å²) in [5.74, 6) is 2.02. The van der Waals surface area contributed by atoms with Crippen molar-refractivity contribution >= 4 is 5.82 Å². The molecule has 1 aliphatic rings. The lowest BCUT2D eigenvalue weighted by Gasteiger charge is -2.33. The van der Waals surface area contributed by atoms with Gasteiger partial charge in [-0.25, -0.2) is 4.98 Å². The van der Waals surface area contributed by atoms with Gasteiger partial charge in [0.2, 0.25) is 0 Å². The summed E-state index contributed by atoms with van der Waals surface area (Å²) < 4.78 is 0. The Morgan fingerprint density at radius 1 is 1.44 bits per heavy atom. The molecular formula is C15H25N3. The Kier molecular flexibility index (Phi) is 4.59. The predicted octanol–water partition coefficient (Wildman–Crippen LogP) is 3.12. The van der Waals surface area contributed by atoms with Crippen molar-refractivity contribution in [1.29, 1.82) is 0 Å². The first-order chi connectivity index (χ1) is 8.70. The number of hydrogen-bond donors (Lipinski definition) is 1. The monoisotopic (exact) mass is 247 g/mol. The second-order valence-corrected chi connectivity index (χ2v) is 5.46. The predicted molar refractivity (Wildman–Crippen MR) is 76.7 cm³/mol. The minimum atomic E-state index is 0.0874. The second kappa shape index (κ2) is 6.19. The molecule has 100 valence electrons. The van der Waals surface area contributed by atoms with E-state index in [-0.39, 0.29) is 6.04 Å². The second-order valence-electron chi connectivity index (χ2n) is 5.46. The Labute approximate surface area is 110 Å². The SMILES string of the molecule is CCCC1CCN(c2cc([C@H](C)N)ccn2)CC1. The lowest BCUT2D eigenvalue weighted by atomic mass is 9.92.